The Morgan fingerprint density at radius 2 is 0.819 bits per heavy atom. The molecule has 18 rings (SSSR count). The molecule has 20 nitrogen and oxygen atoms in total. The smallest absolute Gasteiger partial charge is 0.246 e. The van der Waals surface area contributed by atoms with Crippen molar-refractivity contribution in [2.24, 2.45) is 0 Å². The number of hydrogen-bond acceptors (Lipinski definition) is 21. The van der Waals surface area contributed by atoms with Crippen LogP contribution in [0.25, 0.3) is 76.9 Å². The quantitative estimate of drug-likeness (QED) is 0.137. The third kappa shape index (κ3) is 16.1. The van der Waals surface area contributed by atoms with Gasteiger partial charge in [-0.1, -0.05) is 72.8 Å². The van der Waals surface area contributed by atoms with Crippen molar-refractivity contribution in [1.29, 1.82) is 0 Å². The van der Waals surface area contributed by atoms with Crippen LogP contribution in [0.5, 0.6) is 23.0 Å². The third-order valence-corrected chi connectivity index (χ3v) is 12.0. The van der Waals surface area contributed by atoms with Gasteiger partial charge in [-0.25, -0.2) is 34.9 Å². The number of aromatic nitrogens is 11. The molecular formula is C62H47N11O9S. The molecule has 0 saturated heterocycles. The molecule has 2 aliphatic heterocycles. The summed E-state index contributed by atoms with van der Waals surface area (Å²) in [5.41, 5.74) is 11.8. The number of benzene rings is 5. The van der Waals surface area contributed by atoms with Crippen molar-refractivity contribution in [2.45, 2.75) is 0 Å². The van der Waals surface area contributed by atoms with Crippen molar-refractivity contribution in [1.82, 2.24) is 54.8 Å². The molecule has 21 heteroatoms. The maximum Gasteiger partial charge on any atom is 0.246 e. The van der Waals surface area contributed by atoms with Crippen molar-refractivity contribution in [3.8, 4) is 23.0 Å². The van der Waals surface area contributed by atoms with Crippen molar-refractivity contribution < 1.29 is 41.0 Å². The van der Waals surface area contributed by atoms with Gasteiger partial charge in [0.15, 0.2) is 82.9 Å². The molecule has 0 radical (unpaired) electrons. The van der Waals surface area contributed by atoms with Crippen LogP contribution in [-0.2, 0) is 0 Å². The van der Waals surface area contributed by atoms with E-state index in [1.54, 1.807) is 60.7 Å². The van der Waals surface area contributed by atoms with Crippen molar-refractivity contribution in [2.75, 3.05) is 20.0 Å². The minimum absolute atomic E-state index is 0.360. The molecule has 0 saturated carbocycles. The van der Waals surface area contributed by atoms with Gasteiger partial charge in [0.1, 0.15) is 35.3 Å². The minimum atomic E-state index is 0.360. The van der Waals surface area contributed by atoms with Crippen LogP contribution in [0.15, 0.2) is 273 Å². The van der Waals surface area contributed by atoms with E-state index in [-0.39, 0.29) is 0 Å². The van der Waals surface area contributed by atoms with E-state index in [4.69, 9.17) is 41.0 Å². The molecule has 0 aliphatic carbocycles. The Morgan fingerprint density at radius 1 is 0.313 bits per heavy atom. The fourth-order valence-electron chi connectivity index (χ4n) is 7.29. The topological polar surface area (TPSA) is 244 Å². The Morgan fingerprint density at radius 3 is 1.53 bits per heavy atom. The summed E-state index contributed by atoms with van der Waals surface area (Å²) < 4.78 is 46.8. The summed E-state index contributed by atoms with van der Waals surface area (Å²) in [6.07, 6.45) is 18.9. The van der Waals surface area contributed by atoms with Crippen LogP contribution in [0, 0.1) is 0 Å². The first-order valence-corrected chi connectivity index (χ1v) is 26.2. The summed E-state index contributed by atoms with van der Waals surface area (Å²) in [6.45, 7) is 1.69. The fraction of sp³-hybridized carbons (Fsp3) is 0.0484. The van der Waals surface area contributed by atoms with Crippen LogP contribution in [0.4, 0.5) is 0 Å². The van der Waals surface area contributed by atoms with Gasteiger partial charge in [0.05, 0.1) is 33.6 Å². The lowest BCUT2D eigenvalue weighted by Crippen LogP contribution is -2.14. The van der Waals surface area contributed by atoms with Gasteiger partial charge in [0.25, 0.3) is 0 Å². The number of oxazole rings is 5. The fourth-order valence-corrected chi connectivity index (χ4v) is 7.97. The highest BCUT2D eigenvalue weighted by atomic mass is 32.1. The van der Waals surface area contributed by atoms with Gasteiger partial charge in [0, 0.05) is 42.4 Å². The molecule has 5 aromatic carbocycles. The normalized spacial score (nSPS) is 11.1. The highest BCUT2D eigenvalue weighted by Crippen LogP contribution is 2.30. The average molecular weight is 1120 g/mol. The zero-order valence-corrected chi connectivity index (χ0v) is 44.6. The Labute approximate surface area is 475 Å². The lowest BCUT2D eigenvalue weighted by molar-refractivity contribution is 0.171. The predicted octanol–water partition coefficient (Wildman–Crippen LogP) is 14.1. The summed E-state index contributed by atoms with van der Waals surface area (Å²) in [6, 6.07) is 54.1. The molecule has 0 amide bonds. The van der Waals surface area contributed by atoms with Gasteiger partial charge >= 0.3 is 0 Å². The van der Waals surface area contributed by atoms with Crippen LogP contribution < -0.4 is 18.9 Å². The van der Waals surface area contributed by atoms with Gasteiger partial charge < -0.3 is 41.0 Å². The molecule has 2 aliphatic rings. The largest absolute Gasteiger partial charge is 0.486 e. The van der Waals surface area contributed by atoms with E-state index < -0.39 is 0 Å². The first-order valence-electron chi connectivity index (χ1n) is 25.3. The van der Waals surface area contributed by atoms with E-state index in [9.17, 15) is 0 Å². The maximum absolute atomic E-state index is 5.30. The Bertz CT molecular complexity index is 3680. The van der Waals surface area contributed by atoms with E-state index in [0.717, 1.165) is 78.4 Å². The van der Waals surface area contributed by atoms with Crippen LogP contribution in [-0.4, -0.2) is 74.8 Å². The molecule has 0 fully saturated rings. The number of ether oxygens (including phenoxy) is 4. The zero-order chi connectivity index (χ0) is 56.4. The standard InChI is InChI=1S/C9H7N.C8H8O2.C7H5NO.C7H5NS.C7H6O2.4C6H4N2O/c1-2-6-9-8(4-1)5-3-7-10-9;1-2-4-8-7(3-1)9-5-6-10-8;3*1-2-4-7-6(3-1)8-5-9-7;1-2-7-3-5-6(1)9-4-8-5;1-2-7-3-6-5(1)8-4-9-6;1-2-5-6(7-3-1)8-4-9-5;1-2-5-6(7-3-1)9-4-8-5/h1-7H;1-4H,5-6H2;2*1-5H;1-4H,5H2;4*1-4H. The SMILES string of the molecule is c1cc2ncoc2cn1.c1cc2ocnc2cn1.c1ccc2c(c1)OCCO2.c1ccc2c(c1)OCO2.c1ccc2ncccc2c1.c1ccc2ocnc2c1.c1ccc2scnc2c1.c1cnc2ncoc2c1.c1cnc2ocnc2c1. The first-order chi connectivity index (χ1) is 41.2. The number of thiazole rings is 1. The van der Waals surface area contributed by atoms with E-state index in [2.05, 4.69) is 73.0 Å². The van der Waals surface area contributed by atoms with E-state index in [1.165, 1.54) is 42.1 Å². The molecule has 83 heavy (non-hydrogen) atoms. The lowest BCUT2D eigenvalue weighted by Gasteiger charge is -2.17. The van der Waals surface area contributed by atoms with Crippen molar-refractivity contribution in [3.63, 3.8) is 0 Å². The molecular weight excluding hydrogens is 1070 g/mol. The summed E-state index contributed by atoms with van der Waals surface area (Å²) in [4.78, 5) is 43.4. The predicted molar refractivity (Wildman–Crippen MR) is 313 cm³/mol. The third-order valence-electron chi connectivity index (χ3n) is 11.2. The number of pyridine rings is 5. The lowest BCUT2D eigenvalue weighted by atomic mass is 10.2. The van der Waals surface area contributed by atoms with Crippen LogP contribution in [0.2, 0.25) is 0 Å². The number of para-hydroxylation sites is 8. The van der Waals surface area contributed by atoms with Crippen molar-refractivity contribution in [3.05, 3.63) is 251 Å². The second-order valence-electron chi connectivity index (χ2n) is 16.6. The summed E-state index contributed by atoms with van der Waals surface area (Å²) in [7, 11) is 0. The molecule has 13 heterocycles. The van der Waals surface area contributed by atoms with Crippen LogP contribution in [0.3, 0.4) is 0 Å². The molecule has 0 N–H and O–H groups in total. The molecule has 11 aromatic heterocycles. The Hall–Kier alpha value is -11.5. The molecule has 0 spiro atoms. The number of nitrogens with zero attached hydrogens (tertiary/aromatic N) is 11. The number of fused-ring (bicyclic) bond motifs is 9. The summed E-state index contributed by atoms with van der Waals surface area (Å²) >= 11 is 1.68. The van der Waals surface area contributed by atoms with Crippen molar-refractivity contribution >= 4 is 88.2 Å². The van der Waals surface area contributed by atoms with E-state index in [0.29, 0.717) is 31.4 Å². The number of hydrogen-bond donors (Lipinski definition) is 0. The zero-order valence-electron chi connectivity index (χ0n) is 43.8. The van der Waals surface area contributed by atoms with Gasteiger partial charge in [-0.2, -0.15) is 4.98 Å². The van der Waals surface area contributed by atoms with E-state index in [1.807, 2.05) is 151 Å². The molecule has 0 bridgehead atoms. The Balaban J connectivity index is 0.000000104. The first kappa shape index (κ1) is 54.9. The maximum atomic E-state index is 5.30. The minimum Gasteiger partial charge on any atom is -0.486 e. The Kier molecular flexibility index (Phi) is 19.5. The van der Waals surface area contributed by atoms with Crippen LogP contribution >= 0.6 is 11.3 Å². The van der Waals surface area contributed by atoms with Gasteiger partial charge in [-0.15, -0.1) is 11.3 Å². The van der Waals surface area contributed by atoms with Gasteiger partial charge in [-0.05, 0) is 91.0 Å². The molecule has 16 aromatic rings. The highest BCUT2D eigenvalue weighted by molar-refractivity contribution is 7.16. The average Bonchev–Trinajstić information content (AvgIpc) is 4.44. The monoisotopic (exact) mass is 1120 g/mol. The van der Waals surface area contributed by atoms with E-state index >= 15 is 0 Å². The second-order valence-corrected chi connectivity index (χ2v) is 17.5. The number of rotatable bonds is 0. The van der Waals surface area contributed by atoms with Gasteiger partial charge in [-0.3, -0.25) is 15.0 Å². The summed E-state index contributed by atoms with van der Waals surface area (Å²) in [5.74, 6) is 3.40. The van der Waals surface area contributed by atoms with Crippen LogP contribution in [0.1, 0.15) is 0 Å². The second kappa shape index (κ2) is 29.5. The van der Waals surface area contributed by atoms with Gasteiger partial charge in [0.2, 0.25) is 12.5 Å². The summed E-state index contributed by atoms with van der Waals surface area (Å²) in [5, 5.41) is 1.20. The highest BCUT2D eigenvalue weighted by Gasteiger charge is 2.10. The molecule has 0 atom stereocenters. The molecule has 0 unspecified atom stereocenters. The molecule has 410 valence electrons.